The van der Waals surface area contributed by atoms with Gasteiger partial charge in [0, 0.05) is 11.8 Å². The quantitative estimate of drug-likeness (QED) is 0.155. The predicted octanol–water partition coefficient (Wildman–Crippen LogP) is 2.56. The van der Waals surface area contributed by atoms with Crippen molar-refractivity contribution in [1.82, 2.24) is 9.55 Å². The van der Waals surface area contributed by atoms with Gasteiger partial charge in [-0.1, -0.05) is 72.5 Å². The highest BCUT2D eigenvalue weighted by atomic mass is 16.7. The Labute approximate surface area is 214 Å². The van der Waals surface area contributed by atoms with Gasteiger partial charge in [0.2, 0.25) is 0 Å². The Morgan fingerprint density at radius 3 is 2.00 bits per heavy atom. The molecule has 186 valence electrons. The lowest BCUT2D eigenvalue weighted by Crippen LogP contribution is -2.38. The van der Waals surface area contributed by atoms with Crippen molar-refractivity contribution < 1.29 is 20.1 Å². The van der Waals surface area contributed by atoms with Gasteiger partial charge >= 0.3 is 5.69 Å². The number of benzene rings is 5. The maximum absolute atomic E-state index is 12.5. The third-order valence-corrected chi connectivity index (χ3v) is 7.31. The highest BCUT2D eigenvalue weighted by Gasteiger charge is 2.43. The van der Waals surface area contributed by atoms with Gasteiger partial charge in [0.25, 0.3) is 5.56 Å². The molecule has 5 aromatic carbocycles. The van der Waals surface area contributed by atoms with Crippen LogP contribution in [0.15, 0.2) is 82.5 Å². The zero-order valence-corrected chi connectivity index (χ0v) is 19.8. The van der Waals surface area contributed by atoms with Gasteiger partial charge in [-0.2, -0.15) is 0 Å². The minimum absolute atomic E-state index is 0.0353. The van der Waals surface area contributed by atoms with Crippen LogP contribution in [0, 0.1) is 11.8 Å². The molecule has 0 amide bonds. The van der Waals surface area contributed by atoms with Gasteiger partial charge in [-0.25, -0.2) is 4.79 Å². The Morgan fingerprint density at radius 1 is 0.711 bits per heavy atom. The summed E-state index contributed by atoms with van der Waals surface area (Å²) in [4.78, 5) is 27.1. The number of aromatic amines is 1. The van der Waals surface area contributed by atoms with E-state index in [1.807, 2.05) is 24.3 Å². The van der Waals surface area contributed by atoms with Crippen molar-refractivity contribution in [2.45, 2.75) is 24.7 Å². The van der Waals surface area contributed by atoms with E-state index >= 15 is 0 Å². The molecule has 0 saturated carbocycles. The van der Waals surface area contributed by atoms with E-state index in [4.69, 9.17) is 4.74 Å². The van der Waals surface area contributed by atoms with E-state index < -0.39 is 36.0 Å². The van der Waals surface area contributed by atoms with E-state index in [0.29, 0.717) is 5.56 Å². The summed E-state index contributed by atoms with van der Waals surface area (Å²) in [6.45, 7) is 0. The van der Waals surface area contributed by atoms with E-state index in [1.165, 1.54) is 10.8 Å². The molecular weight excluding hydrogens is 484 g/mol. The Morgan fingerprint density at radius 2 is 1.32 bits per heavy atom. The fourth-order valence-corrected chi connectivity index (χ4v) is 5.52. The van der Waals surface area contributed by atoms with Crippen LogP contribution in [0.4, 0.5) is 0 Å². The zero-order chi connectivity index (χ0) is 26.1. The van der Waals surface area contributed by atoms with Crippen LogP contribution in [0.3, 0.4) is 0 Å². The Balaban J connectivity index is 1.41. The van der Waals surface area contributed by atoms with Crippen molar-refractivity contribution in [2.24, 2.45) is 0 Å². The summed E-state index contributed by atoms with van der Waals surface area (Å²) in [7, 11) is 0. The van der Waals surface area contributed by atoms with E-state index in [9.17, 15) is 24.9 Å². The second kappa shape index (κ2) is 8.25. The molecule has 8 heteroatoms. The summed E-state index contributed by atoms with van der Waals surface area (Å²) in [5.41, 5.74) is -0.889. The Hall–Kier alpha value is -4.52. The lowest BCUT2D eigenvalue weighted by Gasteiger charge is -2.16. The number of aliphatic hydroxyl groups is 3. The summed E-state index contributed by atoms with van der Waals surface area (Å²) < 4.78 is 6.02. The van der Waals surface area contributed by atoms with Gasteiger partial charge in [0.05, 0.1) is 0 Å². The number of hydrogen-bond acceptors (Lipinski definition) is 6. The first-order chi connectivity index (χ1) is 18.4. The van der Waals surface area contributed by atoms with Gasteiger partial charge in [-0.15, -0.1) is 0 Å². The molecule has 1 aliphatic rings. The molecule has 1 aromatic heterocycles. The van der Waals surface area contributed by atoms with Crippen molar-refractivity contribution in [3.8, 4) is 11.8 Å². The van der Waals surface area contributed by atoms with Crippen LogP contribution in [-0.2, 0) is 4.74 Å². The number of H-pyrrole nitrogens is 1. The Kier molecular flexibility index (Phi) is 4.92. The van der Waals surface area contributed by atoms with Gasteiger partial charge in [0.15, 0.2) is 12.5 Å². The monoisotopic (exact) mass is 504 g/mol. The standard InChI is InChI=1S/C30H20N2O6/c33-25-26(34)29(36)38-28(25)32-14-17(27(35)31-30(32)37)11-10-15-12-13-22-20-8-2-5-16-4-1-7-19(23(16)20)21-9-3-6-18(15)24(21)22/h1-9,12-14,25-26,28-29,33-34,36H,(H,31,35,37)/t25-,26-,28+,29-/m0/s1. The Bertz CT molecular complexity index is 2030. The molecule has 4 atom stereocenters. The molecule has 1 aliphatic heterocycles. The molecule has 0 bridgehead atoms. The van der Waals surface area contributed by atoms with Crippen molar-refractivity contribution in [3.05, 3.63) is 105 Å². The highest BCUT2D eigenvalue weighted by Crippen LogP contribution is 2.40. The molecule has 2 heterocycles. The average Bonchev–Trinajstić information content (AvgIpc) is 3.18. The number of hydrogen-bond donors (Lipinski definition) is 4. The fourth-order valence-electron chi connectivity index (χ4n) is 5.52. The van der Waals surface area contributed by atoms with Crippen LogP contribution < -0.4 is 11.2 Å². The van der Waals surface area contributed by atoms with Gasteiger partial charge in [-0.05, 0) is 49.2 Å². The first-order valence-corrected chi connectivity index (χ1v) is 12.1. The molecule has 8 nitrogen and oxygen atoms in total. The van der Waals surface area contributed by atoms with E-state index in [0.717, 1.165) is 43.1 Å². The predicted molar refractivity (Wildman–Crippen MR) is 143 cm³/mol. The van der Waals surface area contributed by atoms with Crippen LogP contribution in [0.25, 0.3) is 43.1 Å². The highest BCUT2D eigenvalue weighted by molar-refractivity contribution is 6.33. The summed E-state index contributed by atoms with van der Waals surface area (Å²) in [6.07, 6.45) is -5.05. The summed E-state index contributed by atoms with van der Waals surface area (Å²) in [5.74, 6) is 5.92. The number of fused-ring (bicyclic) bond motifs is 2. The smallest absolute Gasteiger partial charge is 0.330 e. The van der Waals surface area contributed by atoms with Gasteiger partial charge < -0.3 is 20.1 Å². The molecule has 1 saturated heterocycles. The van der Waals surface area contributed by atoms with Crippen molar-refractivity contribution >= 4 is 43.1 Å². The minimum atomic E-state index is -1.67. The maximum Gasteiger partial charge on any atom is 0.330 e. The largest absolute Gasteiger partial charge is 0.385 e. The van der Waals surface area contributed by atoms with Crippen molar-refractivity contribution in [2.75, 3.05) is 0 Å². The second-order valence-corrected chi connectivity index (χ2v) is 9.46. The van der Waals surface area contributed by atoms with Crippen molar-refractivity contribution in [1.29, 1.82) is 0 Å². The third kappa shape index (κ3) is 3.21. The number of aromatic nitrogens is 2. The molecule has 0 unspecified atom stereocenters. The number of nitrogens with zero attached hydrogens (tertiary/aromatic N) is 1. The average molecular weight is 504 g/mol. The topological polar surface area (TPSA) is 125 Å². The van der Waals surface area contributed by atoms with E-state index in [2.05, 4.69) is 59.3 Å². The number of ether oxygens (including phenoxy) is 1. The first kappa shape index (κ1) is 22.7. The SMILES string of the molecule is O=c1[nH]c(=O)n([C@@H]2O[C@H](O)[C@@H](O)[C@@H]2O)cc1C#Cc1ccc2c3cccc4cccc(c5cccc1c52)c43. The molecule has 0 aliphatic carbocycles. The molecule has 4 N–H and O–H groups in total. The van der Waals surface area contributed by atoms with Gasteiger partial charge in [-0.3, -0.25) is 14.3 Å². The molecule has 7 rings (SSSR count). The normalized spacial score (nSPS) is 21.4. The third-order valence-electron chi connectivity index (χ3n) is 7.31. The first-order valence-electron chi connectivity index (χ1n) is 12.1. The molecule has 38 heavy (non-hydrogen) atoms. The van der Waals surface area contributed by atoms with Crippen molar-refractivity contribution in [3.63, 3.8) is 0 Å². The van der Waals surface area contributed by atoms with Crippen LogP contribution in [-0.4, -0.2) is 43.4 Å². The lowest BCUT2D eigenvalue weighted by molar-refractivity contribution is -0.142. The van der Waals surface area contributed by atoms with Crippen LogP contribution in [0.5, 0.6) is 0 Å². The molecule has 0 radical (unpaired) electrons. The summed E-state index contributed by atoms with van der Waals surface area (Å²) in [5, 5.41) is 38.6. The number of nitrogens with one attached hydrogen (secondary N) is 1. The van der Waals surface area contributed by atoms with E-state index in [1.54, 1.807) is 0 Å². The second-order valence-electron chi connectivity index (χ2n) is 9.46. The molecule has 1 fully saturated rings. The molecular formula is C30H20N2O6. The van der Waals surface area contributed by atoms with Crippen LogP contribution in [0.1, 0.15) is 17.4 Å². The zero-order valence-electron chi connectivity index (χ0n) is 19.8. The van der Waals surface area contributed by atoms with Crippen LogP contribution in [0.2, 0.25) is 0 Å². The van der Waals surface area contributed by atoms with Crippen LogP contribution >= 0.6 is 0 Å². The summed E-state index contributed by atoms with van der Waals surface area (Å²) in [6, 6.07) is 22.6. The fraction of sp³-hybridized carbons (Fsp3) is 0.133. The number of rotatable bonds is 1. The number of aliphatic hydroxyl groups excluding tert-OH is 3. The molecule has 0 spiro atoms. The maximum atomic E-state index is 12.5. The minimum Gasteiger partial charge on any atom is -0.385 e. The van der Waals surface area contributed by atoms with E-state index in [-0.39, 0.29) is 5.56 Å². The lowest BCUT2D eigenvalue weighted by atomic mass is 9.88. The van der Waals surface area contributed by atoms with Gasteiger partial charge in [0.1, 0.15) is 17.8 Å². The summed E-state index contributed by atoms with van der Waals surface area (Å²) >= 11 is 0. The molecule has 6 aromatic rings.